The van der Waals surface area contributed by atoms with Crippen LogP contribution in [0.25, 0.3) is 32.5 Å². The highest BCUT2D eigenvalue weighted by atomic mass is 32.1. The van der Waals surface area contributed by atoms with Crippen LogP contribution in [-0.2, 0) is 7.05 Å². The van der Waals surface area contributed by atoms with E-state index in [2.05, 4.69) is 15.2 Å². The zero-order valence-corrected chi connectivity index (χ0v) is 15.4. The minimum absolute atomic E-state index is 0.621. The first-order chi connectivity index (χ1) is 12.0. The minimum Gasteiger partial charge on any atom is -0.497 e. The second-order valence-corrected chi connectivity index (χ2v) is 6.95. The van der Waals surface area contributed by atoms with Crippen molar-refractivity contribution in [3.05, 3.63) is 22.8 Å². The molecule has 0 fully saturated rings. The number of rotatable bonds is 3. The summed E-state index contributed by atoms with van der Waals surface area (Å²) in [6, 6.07) is 3.75. The SMILES string of the molecule is COc1cc(OC)c2nnc3c(c(-c4sc(C)nc4C)nn3C)c2c1. The lowest BCUT2D eigenvalue weighted by molar-refractivity contribution is 0.397. The van der Waals surface area contributed by atoms with Crippen LogP contribution in [0.15, 0.2) is 12.1 Å². The third kappa shape index (κ3) is 2.32. The van der Waals surface area contributed by atoms with Crippen molar-refractivity contribution in [1.29, 1.82) is 0 Å². The molecule has 0 N–H and O–H groups in total. The van der Waals surface area contributed by atoms with Gasteiger partial charge >= 0.3 is 0 Å². The Labute approximate surface area is 148 Å². The van der Waals surface area contributed by atoms with Crippen LogP contribution in [0.2, 0.25) is 0 Å². The normalized spacial score (nSPS) is 11.4. The zero-order chi connectivity index (χ0) is 17.7. The summed E-state index contributed by atoms with van der Waals surface area (Å²) in [6.07, 6.45) is 0. The summed E-state index contributed by atoms with van der Waals surface area (Å²) in [5, 5.41) is 16.2. The van der Waals surface area contributed by atoms with Crippen molar-refractivity contribution in [3.8, 4) is 22.1 Å². The van der Waals surface area contributed by atoms with Crippen molar-refractivity contribution in [2.24, 2.45) is 7.05 Å². The van der Waals surface area contributed by atoms with Gasteiger partial charge in [0.1, 0.15) is 17.0 Å². The molecule has 4 rings (SSSR count). The second kappa shape index (κ2) is 5.66. The van der Waals surface area contributed by atoms with Crippen LogP contribution in [0.5, 0.6) is 11.5 Å². The molecule has 3 heterocycles. The molecular formula is C17H17N5O2S. The van der Waals surface area contributed by atoms with Gasteiger partial charge in [-0.3, -0.25) is 0 Å². The maximum atomic E-state index is 5.48. The average Bonchev–Trinajstić information content (AvgIpc) is 3.12. The van der Waals surface area contributed by atoms with Crippen LogP contribution >= 0.6 is 11.3 Å². The molecule has 0 aliphatic carbocycles. The van der Waals surface area contributed by atoms with Gasteiger partial charge < -0.3 is 9.47 Å². The number of ether oxygens (including phenoxy) is 2. The molecule has 1 aromatic carbocycles. The van der Waals surface area contributed by atoms with Crippen molar-refractivity contribution >= 4 is 33.3 Å². The van der Waals surface area contributed by atoms with Crippen LogP contribution in [-0.4, -0.2) is 39.2 Å². The van der Waals surface area contributed by atoms with Gasteiger partial charge in [0.2, 0.25) is 0 Å². The predicted octanol–water partition coefficient (Wildman–Crippen LogP) is 3.27. The van der Waals surface area contributed by atoms with Crippen LogP contribution in [0.1, 0.15) is 10.7 Å². The lowest BCUT2D eigenvalue weighted by atomic mass is 10.1. The maximum Gasteiger partial charge on any atom is 0.181 e. The topological polar surface area (TPSA) is 75.0 Å². The van der Waals surface area contributed by atoms with E-state index in [1.54, 1.807) is 36.3 Å². The Bertz CT molecular complexity index is 1120. The summed E-state index contributed by atoms with van der Waals surface area (Å²) in [6.45, 7) is 3.99. The molecule has 0 saturated carbocycles. The second-order valence-electron chi connectivity index (χ2n) is 5.74. The fraction of sp³-hybridized carbons (Fsp3) is 0.294. The van der Waals surface area contributed by atoms with Crippen LogP contribution in [0, 0.1) is 13.8 Å². The number of aromatic nitrogens is 5. The van der Waals surface area contributed by atoms with Gasteiger partial charge in [0.25, 0.3) is 0 Å². The summed E-state index contributed by atoms with van der Waals surface area (Å²) in [7, 11) is 5.11. The minimum atomic E-state index is 0.621. The molecule has 0 aliphatic heterocycles. The fourth-order valence-electron chi connectivity index (χ4n) is 3.03. The van der Waals surface area contributed by atoms with Gasteiger partial charge in [-0.15, -0.1) is 21.5 Å². The van der Waals surface area contributed by atoms with E-state index in [4.69, 9.17) is 14.6 Å². The van der Waals surface area contributed by atoms with Gasteiger partial charge in [-0.1, -0.05) is 0 Å². The predicted molar refractivity (Wildman–Crippen MR) is 97.5 cm³/mol. The van der Waals surface area contributed by atoms with Gasteiger partial charge in [0.05, 0.1) is 35.2 Å². The molecule has 8 heteroatoms. The van der Waals surface area contributed by atoms with Gasteiger partial charge in [-0.2, -0.15) is 5.10 Å². The van der Waals surface area contributed by atoms with E-state index in [0.29, 0.717) is 22.7 Å². The number of hydrogen-bond acceptors (Lipinski definition) is 7. The number of fused-ring (bicyclic) bond motifs is 3. The molecule has 0 saturated heterocycles. The van der Waals surface area contributed by atoms with Crippen molar-refractivity contribution in [3.63, 3.8) is 0 Å². The molecule has 7 nitrogen and oxygen atoms in total. The number of thiazole rings is 1. The average molecular weight is 355 g/mol. The van der Waals surface area contributed by atoms with E-state index in [1.807, 2.05) is 27.0 Å². The Balaban J connectivity index is 2.18. The third-order valence-electron chi connectivity index (χ3n) is 4.15. The summed E-state index contributed by atoms with van der Waals surface area (Å²) in [5.41, 5.74) is 3.21. The number of aryl methyl sites for hydroxylation is 3. The number of methoxy groups -OCH3 is 2. The molecule has 0 radical (unpaired) electrons. The molecule has 0 aliphatic rings. The standard InChI is InChI=1S/C17H17N5O2S/c1-8-16(25-9(2)18-8)15-13-11-6-10(23-4)7-12(24-5)14(11)19-20-17(13)22(3)21-15/h6-7H,1-5H3. The third-order valence-corrected chi connectivity index (χ3v) is 5.23. The Morgan fingerprint density at radius 2 is 1.88 bits per heavy atom. The van der Waals surface area contributed by atoms with E-state index < -0.39 is 0 Å². The van der Waals surface area contributed by atoms with Crippen molar-refractivity contribution in [1.82, 2.24) is 25.0 Å². The van der Waals surface area contributed by atoms with Crippen molar-refractivity contribution in [2.75, 3.05) is 14.2 Å². The summed E-state index contributed by atoms with van der Waals surface area (Å²) >= 11 is 1.63. The highest BCUT2D eigenvalue weighted by Gasteiger charge is 2.21. The first-order valence-electron chi connectivity index (χ1n) is 7.73. The smallest absolute Gasteiger partial charge is 0.181 e. The lowest BCUT2D eigenvalue weighted by Gasteiger charge is -2.08. The lowest BCUT2D eigenvalue weighted by Crippen LogP contribution is -1.96. The van der Waals surface area contributed by atoms with Gasteiger partial charge in [0.15, 0.2) is 11.4 Å². The van der Waals surface area contributed by atoms with Gasteiger partial charge in [0, 0.05) is 18.5 Å². The molecule has 128 valence electrons. The summed E-state index contributed by atoms with van der Waals surface area (Å²) in [5.74, 6) is 1.32. The van der Waals surface area contributed by atoms with Gasteiger partial charge in [-0.05, 0) is 19.9 Å². The number of nitrogens with zero attached hydrogens (tertiary/aromatic N) is 5. The van der Waals surface area contributed by atoms with Crippen LogP contribution in [0.4, 0.5) is 0 Å². The molecular weight excluding hydrogens is 338 g/mol. The van der Waals surface area contributed by atoms with Crippen LogP contribution in [0.3, 0.4) is 0 Å². The first-order valence-corrected chi connectivity index (χ1v) is 8.54. The Hall–Kier alpha value is -2.74. The van der Waals surface area contributed by atoms with Gasteiger partial charge in [-0.25, -0.2) is 9.67 Å². The number of hydrogen-bond donors (Lipinski definition) is 0. The summed E-state index contributed by atoms with van der Waals surface area (Å²) in [4.78, 5) is 5.58. The molecule has 0 atom stereocenters. The molecule has 3 aromatic heterocycles. The Morgan fingerprint density at radius 3 is 2.52 bits per heavy atom. The molecule has 4 aromatic rings. The van der Waals surface area contributed by atoms with Crippen LogP contribution < -0.4 is 9.47 Å². The monoisotopic (exact) mass is 355 g/mol. The molecule has 0 bridgehead atoms. The van der Waals surface area contributed by atoms with E-state index in [-0.39, 0.29) is 0 Å². The number of benzene rings is 1. The molecule has 0 unspecified atom stereocenters. The highest BCUT2D eigenvalue weighted by molar-refractivity contribution is 7.15. The van der Waals surface area contributed by atoms with E-state index in [9.17, 15) is 0 Å². The summed E-state index contributed by atoms with van der Waals surface area (Å²) < 4.78 is 12.7. The van der Waals surface area contributed by atoms with Crippen molar-refractivity contribution in [2.45, 2.75) is 13.8 Å². The first kappa shape index (κ1) is 15.8. The Morgan fingerprint density at radius 1 is 1.08 bits per heavy atom. The quantitative estimate of drug-likeness (QED) is 0.561. The van der Waals surface area contributed by atoms with Crippen molar-refractivity contribution < 1.29 is 9.47 Å². The zero-order valence-electron chi connectivity index (χ0n) is 14.6. The van der Waals surface area contributed by atoms with E-state index >= 15 is 0 Å². The molecule has 0 amide bonds. The Kier molecular flexibility index (Phi) is 3.57. The van der Waals surface area contributed by atoms with E-state index in [0.717, 1.165) is 32.0 Å². The highest BCUT2D eigenvalue weighted by Crippen LogP contribution is 2.39. The molecule has 0 spiro atoms. The van der Waals surface area contributed by atoms with E-state index in [1.165, 1.54) is 0 Å². The maximum absolute atomic E-state index is 5.48. The largest absolute Gasteiger partial charge is 0.497 e. The molecule has 25 heavy (non-hydrogen) atoms. The fourth-order valence-corrected chi connectivity index (χ4v) is 3.95.